The molecule has 0 fully saturated rings. The lowest BCUT2D eigenvalue weighted by Crippen LogP contribution is -1.99. The zero-order valence-electron chi connectivity index (χ0n) is 9.16. The maximum atomic E-state index is 11.1. The molecule has 0 bridgehead atoms. The first-order valence-electron chi connectivity index (χ1n) is 5.27. The normalized spacial score (nSPS) is 10.9. The van der Waals surface area contributed by atoms with Gasteiger partial charge in [0.05, 0.1) is 17.6 Å². The molecule has 0 saturated carbocycles. The summed E-state index contributed by atoms with van der Waals surface area (Å²) in [4.78, 5) is 21.6. The van der Waals surface area contributed by atoms with Crippen molar-refractivity contribution in [2.24, 2.45) is 0 Å². The Hall–Kier alpha value is -1.79. The van der Waals surface area contributed by atoms with Crippen molar-refractivity contribution in [1.29, 1.82) is 0 Å². The van der Waals surface area contributed by atoms with E-state index in [1.165, 1.54) is 11.3 Å². The molecule has 3 rings (SSSR count). The number of aromatic nitrogens is 3. The number of anilines is 1. The van der Waals surface area contributed by atoms with Crippen LogP contribution in [0.3, 0.4) is 0 Å². The van der Waals surface area contributed by atoms with Crippen molar-refractivity contribution < 1.29 is 0 Å². The Kier molecular flexibility index (Phi) is 2.81. The van der Waals surface area contributed by atoms with E-state index in [0.29, 0.717) is 11.0 Å². The first-order valence-corrected chi connectivity index (χ1v) is 6.46. The SMILES string of the molecule is O=c1[nH]c2ccc(NCc3cnc(Cl)s3)cc2[nH]1. The van der Waals surface area contributed by atoms with E-state index in [-0.39, 0.29) is 5.69 Å². The van der Waals surface area contributed by atoms with Gasteiger partial charge in [-0.05, 0) is 18.2 Å². The Morgan fingerprint density at radius 3 is 2.94 bits per heavy atom. The number of thiazole rings is 1. The van der Waals surface area contributed by atoms with Crippen LogP contribution in [0.5, 0.6) is 0 Å². The summed E-state index contributed by atoms with van der Waals surface area (Å²) < 4.78 is 0.539. The van der Waals surface area contributed by atoms with Crippen LogP contribution < -0.4 is 11.0 Å². The zero-order chi connectivity index (χ0) is 12.5. The lowest BCUT2D eigenvalue weighted by atomic mass is 10.3. The molecule has 0 atom stereocenters. The lowest BCUT2D eigenvalue weighted by molar-refractivity contribution is 1.18. The van der Waals surface area contributed by atoms with Gasteiger partial charge in [0.15, 0.2) is 4.47 Å². The van der Waals surface area contributed by atoms with Crippen LogP contribution in [0.2, 0.25) is 4.47 Å². The fraction of sp³-hybridized carbons (Fsp3) is 0.0909. The lowest BCUT2D eigenvalue weighted by Gasteiger charge is -2.03. The summed E-state index contributed by atoms with van der Waals surface area (Å²) in [7, 11) is 0. The predicted octanol–water partition coefficient (Wildman–Crippen LogP) is 2.58. The van der Waals surface area contributed by atoms with E-state index in [2.05, 4.69) is 20.3 Å². The number of hydrogen-bond acceptors (Lipinski definition) is 4. The Morgan fingerprint density at radius 1 is 1.33 bits per heavy atom. The zero-order valence-corrected chi connectivity index (χ0v) is 10.7. The van der Waals surface area contributed by atoms with Crippen LogP contribution >= 0.6 is 22.9 Å². The summed E-state index contributed by atoms with van der Waals surface area (Å²) in [6.07, 6.45) is 1.75. The van der Waals surface area contributed by atoms with Crippen LogP contribution in [0.1, 0.15) is 4.88 Å². The maximum Gasteiger partial charge on any atom is 0.323 e. The third kappa shape index (κ3) is 2.25. The molecule has 0 amide bonds. The van der Waals surface area contributed by atoms with Gasteiger partial charge >= 0.3 is 5.69 Å². The highest BCUT2D eigenvalue weighted by Gasteiger charge is 2.02. The molecule has 0 radical (unpaired) electrons. The average molecular weight is 281 g/mol. The van der Waals surface area contributed by atoms with E-state index in [9.17, 15) is 4.79 Å². The van der Waals surface area contributed by atoms with Gasteiger partial charge < -0.3 is 15.3 Å². The van der Waals surface area contributed by atoms with Crippen molar-refractivity contribution in [3.05, 3.63) is 44.2 Å². The highest BCUT2D eigenvalue weighted by Crippen LogP contribution is 2.20. The molecule has 1 aromatic carbocycles. The standard InChI is InChI=1S/C11H9ClN4OS/c12-10-14-5-7(18-10)4-13-6-1-2-8-9(3-6)16-11(17)15-8/h1-3,5,13H,4H2,(H2,15,16,17). The first kappa shape index (κ1) is 11.3. The van der Waals surface area contributed by atoms with Gasteiger partial charge in [-0.3, -0.25) is 0 Å². The van der Waals surface area contributed by atoms with E-state index in [4.69, 9.17) is 11.6 Å². The number of halogens is 1. The van der Waals surface area contributed by atoms with Crippen molar-refractivity contribution in [3.63, 3.8) is 0 Å². The smallest absolute Gasteiger partial charge is 0.323 e. The fourth-order valence-corrected chi connectivity index (χ4v) is 2.61. The van der Waals surface area contributed by atoms with E-state index in [0.717, 1.165) is 21.6 Å². The Morgan fingerprint density at radius 2 is 2.17 bits per heavy atom. The third-order valence-electron chi connectivity index (χ3n) is 2.51. The molecule has 0 unspecified atom stereocenters. The quantitative estimate of drug-likeness (QED) is 0.690. The van der Waals surface area contributed by atoms with E-state index in [1.54, 1.807) is 6.20 Å². The number of rotatable bonds is 3. The summed E-state index contributed by atoms with van der Waals surface area (Å²) in [6.45, 7) is 0.657. The van der Waals surface area contributed by atoms with Crippen LogP contribution in [0.25, 0.3) is 11.0 Å². The van der Waals surface area contributed by atoms with Crippen molar-refractivity contribution in [2.75, 3.05) is 5.32 Å². The van der Waals surface area contributed by atoms with Gasteiger partial charge in [-0.15, -0.1) is 11.3 Å². The Bertz CT molecular complexity index is 745. The van der Waals surface area contributed by atoms with Crippen molar-refractivity contribution >= 4 is 39.7 Å². The molecule has 0 spiro atoms. The van der Waals surface area contributed by atoms with E-state index < -0.39 is 0 Å². The minimum Gasteiger partial charge on any atom is -0.380 e. The number of benzene rings is 1. The van der Waals surface area contributed by atoms with Crippen LogP contribution in [0, 0.1) is 0 Å². The van der Waals surface area contributed by atoms with Crippen LogP contribution in [-0.4, -0.2) is 15.0 Å². The molecule has 2 heterocycles. The van der Waals surface area contributed by atoms with Gasteiger partial charge in [0.25, 0.3) is 0 Å². The fourth-order valence-electron chi connectivity index (χ4n) is 1.70. The van der Waals surface area contributed by atoms with Gasteiger partial charge in [0.1, 0.15) is 0 Å². The summed E-state index contributed by atoms with van der Waals surface area (Å²) in [5.74, 6) is 0. The Balaban J connectivity index is 1.80. The van der Waals surface area contributed by atoms with Gasteiger partial charge in [0, 0.05) is 16.8 Å². The van der Waals surface area contributed by atoms with Crippen LogP contribution in [-0.2, 0) is 6.54 Å². The van der Waals surface area contributed by atoms with Crippen molar-refractivity contribution in [1.82, 2.24) is 15.0 Å². The molecule has 3 N–H and O–H groups in total. The second-order valence-corrected chi connectivity index (χ2v) is 5.47. The maximum absolute atomic E-state index is 11.1. The summed E-state index contributed by atoms with van der Waals surface area (Å²) >= 11 is 7.20. The number of nitrogens with zero attached hydrogens (tertiary/aromatic N) is 1. The van der Waals surface area contributed by atoms with Crippen molar-refractivity contribution in [2.45, 2.75) is 6.54 Å². The largest absolute Gasteiger partial charge is 0.380 e. The highest BCUT2D eigenvalue weighted by atomic mass is 35.5. The second kappa shape index (κ2) is 4.47. The molecule has 18 heavy (non-hydrogen) atoms. The van der Waals surface area contributed by atoms with Crippen molar-refractivity contribution in [3.8, 4) is 0 Å². The van der Waals surface area contributed by atoms with E-state index >= 15 is 0 Å². The average Bonchev–Trinajstić information content (AvgIpc) is 2.90. The number of aromatic amines is 2. The van der Waals surface area contributed by atoms with E-state index in [1.807, 2.05) is 18.2 Å². The molecule has 0 aliphatic heterocycles. The minimum atomic E-state index is -0.198. The number of H-pyrrole nitrogens is 2. The molecule has 3 aromatic rings. The van der Waals surface area contributed by atoms with Gasteiger partial charge in [-0.2, -0.15) is 0 Å². The molecule has 0 aliphatic carbocycles. The molecule has 5 nitrogen and oxygen atoms in total. The molecule has 92 valence electrons. The van der Waals surface area contributed by atoms with Gasteiger partial charge in [-0.1, -0.05) is 11.6 Å². The molecule has 0 saturated heterocycles. The topological polar surface area (TPSA) is 73.6 Å². The van der Waals surface area contributed by atoms with Crippen LogP contribution in [0.15, 0.2) is 29.2 Å². The summed E-state index contributed by atoms with van der Waals surface area (Å²) in [6, 6.07) is 5.65. The summed E-state index contributed by atoms with van der Waals surface area (Å²) in [5, 5.41) is 3.25. The van der Waals surface area contributed by atoms with Crippen LogP contribution in [0.4, 0.5) is 5.69 Å². The number of hydrogen-bond donors (Lipinski definition) is 3. The minimum absolute atomic E-state index is 0.198. The molecular formula is C11H9ClN4OS. The van der Waals surface area contributed by atoms with Gasteiger partial charge in [-0.25, -0.2) is 9.78 Å². The second-order valence-electron chi connectivity index (χ2n) is 3.77. The molecule has 7 heteroatoms. The third-order valence-corrected chi connectivity index (χ3v) is 3.62. The molecule has 0 aliphatic rings. The number of fused-ring (bicyclic) bond motifs is 1. The number of nitrogens with one attached hydrogen (secondary N) is 3. The molecular weight excluding hydrogens is 272 g/mol. The first-order chi connectivity index (χ1) is 8.70. The monoisotopic (exact) mass is 280 g/mol. The molecule has 2 aromatic heterocycles. The van der Waals surface area contributed by atoms with Gasteiger partial charge in [0.2, 0.25) is 0 Å². The Labute approximate surface area is 111 Å². The number of imidazole rings is 1. The highest BCUT2D eigenvalue weighted by molar-refractivity contribution is 7.15. The summed E-state index contributed by atoms with van der Waals surface area (Å²) in [5.41, 5.74) is 2.32. The predicted molar refractivity (Wildman–Crippen MR) is 73.4 cm³/mol.